The minimum absolute atomic E-state index is 0. The molecule has 1 aromatic carbocycles. The van der Waals surface area contributed by atoms with Crippen LogP contribution in [0.5, 0.6) is 5.75 Å². The van der Waals surface area contributed by atoms with Gasteiger partial charge in [0.15, 0.2) is 0 Å². The van der Waals surface area contributed by atoms with Crippen LogP contribution in [0.1, 0.15) is 85.9 Å². The van der Waals surface area contributed by atoms with E-state index >= 15 is 0 Å². The fourth-order valence-electron chi connectivity index (χ4n) is 3.73. The minimum atomic E-state index is 0. The van der Waals surface area contributed by atoms with Gasteiger partial charge in [-0.25, -0.2) is 0 Å². The molecular formula is C23H35Cl2OTi. The van der Waals surface area contributed by atoms with Gasteiger partial charge in [0.25, 0.3) is 0 Å². The average molecular weight is 446 g/mol. The second-order valence-electron chi connectivity index (χ2n) is 9.57. The summed E-state index contributed by atoms with van der Waals surface area (Å²) < 4.78 is 6.00. The van der Waals surface area contributed by atoms with Crippen LogP contribution in [0.15, 0.2) is 28.9 Å². The zero-order valence-corrected chi connectivity index (χ0v) is 21.7. The fourth-order valence-corrected chi connectivity index (χ4v) is 4.07. The zero-order valence-electron chi connectivity index (χ0n) is 18.5. The van der Waals surface area contributed by atoms with Crippen molar-refractivity contribution in [2.75, 3.05) is 0 Å². The SMILES string of the molecule is CC1=C(C)C(C)C(c2cc(C(C)(C)C)cc(C(C)(C)C)c2[O][Ti])=C1C.Cl.Cl. The molecule has 4 heteroatoms. The Labute approximate surface area is 191 Å². The zero-order chi connectivity index (χ0) is 19.3. The standard InChI is InChI=1S/C23H34O.2ClH.Ti/c1-13-14(2)16(4)20(15(13)3)18-11-17(22(5,6)7)12-19(21(18)24)23(8,9)10;;;/h11-12,15,24H,1-10H3;2*1H;/q;;;+1/p-1. The summed E-state index contributed by atoms with van der Waals surface area (Å²) in [5.41, 5.74) is 9.86. The Balaban J connectivity index is 0.00000338. The summed E-state index contributed by atoms with van der Waals surface area (Å²) in [6.45, 7) is 22.8. The van der Waals surface area contributed by atoms with Crippen molar-refractivity contribution in [1.82, 2.24) is 0 Å². The molecule has 0 saturated heterocycles. The molecule has 0 aromatic heterocycles. The molecule has 1 unspecified atom stereocenters. The summed E-state index contributed by atoms with van der Waals surface area (Å²) in [4.78, 5) is 0. The first-order valence-electron chi connectivity index (χ1n) is 9.22. The topological polar surface area (TPSA) is 9.23 Å². The first-order chi connectivity index (χ1) is 11.3. The third kappa shape index (κ3) is 5.05. The van der Waals surface area contributed by atoms with E-state index < -0.39 is 0 Å². The van der Waals surface area contributed by atoms with Crippen LogP contribution < -0.4 is 3.32 Å². The molecule has 1 aromatic rings. The molecule has 0 heterocycles. The largest absolute Gasteiger partial charge is 0.147 e. The molecule has 27 heavy (non-hydrogen) atoms. The van der Waals surface area contributed by atoms with Gasteiger partial charge < -0.3 is 0 Å². The van der Waals surface area contributed by atoms with Crippen molar-refractivity contribution < 1.29 is 24.1 Å². The van der Waals surface area contributed by atoms with Gasteiger partial charge in [-0.3, -0.25) is 0 Å². The van der Waals surface area contributed by atoms with Crippen LogP contribution in [0.3, 0.4) is 0 Å². The van der Waals surface area contributed by atoms with E-state index in [0.717, 1.165) is 5.75 Å². The molecule has 1 aliphatic carbocycles. The van der Waals surface area contributed by atoms with Crippen molar-refractivity contribution in [1.29, 1.82) is 0 Å². The van der Waals surface area contributed by atoms with Gasteiger partial charge in [-0.2, -0.15) is 0 Å². The van der Waals surface area contributed by atoms with Crippen LogP contribution in [0.4, 0.5) is 0 Å². The van der Waals surface area contributed by atoms with E-state index in [1.807, 2.05) is 20.8 Å². The number of benzene rings is 1. The Bertz CT molecular complexity index is 762. The minimum Gasteiger partial charge on any atom is -0.147 e. The smallest absolute Gasteiger partial charge is 0.147 e. The molecule has 0 fully saturated rings. The molecule has 0 saturated carbocycles. The van der Waals surface area contributed by atoms with Crippen LogP contribution in [0.25, 0.3) is 5.57 Å². The number of hydrogen-bond acceptors (Lipinski definition) is 1. The van der Waals surface area contributed by atoms with Crippen molar-refractivity contribution in [2.24, 2.45) is 5.92 Å². The fraction of sp³-hybridized carbons (Fsp3) is 0.565. The Morgan fingerprint density at radius 1 is 0.852 bits per heavy atom. The summed E-state index contributed by atoms with van der Waals surface area (Å²) in [6, 6.07) is 4.72. The van der Waals surface area contributed by atoms with Crippen LogP contribution in [0, 0.1) is 5.92 Å². The molecule has 0 N–H and O–H groups in total. The monoisotopic (exact) mass is 445 g/mol. The average Bonchev–Trinajstić information content (AvgIpc) is 2.68. The summed E-state index contributed by atoms with van der Waals surface area (Å²) in [5, 5.41) is 0. The van der Waals surface area contributed by atoms with Gasteiger partial charge in [0.1, 0.15) is 0 Å². The first kappa shape index (κ1) is 26.8. The third-order valence-corrected chi connectivity index (χ3v) is 6.11. The van der Waals surface area contributed by atoms with Gasteiger partial charge >= 0.3 is 167 Å². The van der Waals surface area contributed by atoms with Gasteiger partial charge in [-0.1, -0.05) is 0 Å². The van der Waals surface area contributed by atoms with E-state index in [4.69, 9.17) is 3.32 Å². The normalized spacial score (nSPS) is 17.6. The van der Waals surface area contributed by atoms with Crippen molar-refractivity contribution in [3.8, 4) is 5.75 Å². The Hall–Kier alpha value is -0.206. The van der Waals surface area contributed by atoms with Gasteiger partial charge in [-0.05, 0) is 0 Å². The van der Waals surface area contributed by atoms with E-state index in [2.05, 4.69) is 81.4 Å². The van der Waals surface area contributed by atoms with Crippen LogP contribution in [-0.4, -0.2) is 0 Å². The Morgan fingerprint density at radius 3 is 1.70 bits per heavy atom. The second kappa shape index (κ2) is 9.08. The van der Waals surface area contributed by atoms with E-state index in [1.54, 1.807) is 0 Å². The number of allylic oxidation sites excluding steroid dienone is 4. The maximum absolute atomic E-state index is 6.00. The predicted octanol–water partition coefficient (Wildman–Crippen LogP) is 7.73. The van der Waals surface area contributed by atoms with Crippen molar-refractivity contribution in [3.05, 3.63) is 45.5 Å². The van der Waals surface area contributed by atoms with Gasteiger partial charge in [0.05, 0.1) is 0 Å². The van der Waals surface area contributed by atoms with Gasteiger partial charge in [0, 0.05) is 0 Å². The molecule has 0 amide bonds. The maximum atomic E-state index is 6.00. The quantitative estimate of drug-likeness (QED) is 0.423. The van der Waals surface area contributed by atoms with Crippen molar-refractivity contribution >= 4 is 30.4 Å². The molecule has 151 valence electrons. The molecule has 0 bridgehead atoms. The molecule has 0 aliphatic heterocycles. The molecule has 2 rings (SSSR count). The summed E-state index contributed by atoms with van der Waals surface area (Å²) in [7, 11) is 0. The molecule has 0 spiro atoms. The summed E-state index contributed by atoms with van der Waals surface area (Å²) >= 11 is 1.81. The molecule has 1 atom stereocenters. The van der Waals surface area contributed by atoms with Crippen LogP contribution >= 0.6 is 24.8 Å². The maximum Gasteiger partial charge on any atom is -0.147 e. The first-order valence-corrected chi connectivity index (χ1v) is 9.86. The summed E-state index contributed by atoms with van der Waals surface area (Å²) in [5.74, 6) is 1.49. The Morgan fingerprint density at radius 2 is 1.37 bits per heavy atom. The predicted molar refractivity (Wildman–Crippen MR) is 119 cm³/mol. The summed E-state index contributed by atoms with van der Waals surface area (Å²) in [6.07, 6.45) is 0. The van der Waals surface area contributed by atoms with Crippen LogP contribution in [-0.2, 0) is 31.7 Å². The van der Waals surface area contributed by atoms with Crippen LogP contribution in [0.2, 0.25) is 0 Å². The molecule has 0 radical (unpaired) electrons. The van der Waals surface area contributed by atoms with E-state index in [1.165, 1.54) is 39.0 Å². The van der Waals surface area contributed by atoms with E-state index in [-0.39, 0.29) is 35.6 Å². The van der Waals surface area contributed by atoms with E-state index in [0.29, 0.717) is 5.92 Å². The Kier molecular flexibility index (Phi) is 9.01. The second-order valence-corrected chi connectivity index (χ2v) is 9.89. The van der Waals surface area contributed by atoms with Crippen molar-refractivity contribution in [3.63, 3.8) is 0 Å². The number of halogens is 2. The third-order valence-electron chi connectivity index (χ3n) is 5.80. The molecule has 1 nitrogen and oxygen atoms in total. The number of hydrogen-bond donors (Lipinski definition) is 0. The van der Waals surface area contributed by atoms with E-state index in [9.17, 15) is 0 Å². The van der Waals surface area contributed by atoms with Gasteiger partial charge in [0.2, 0.25) is 0 Å². The van der Waals surface area contributed by atoms with Gasteiger partial charge in [-0.15, -0.1) is 24.8 Å². The molecular weight excluding hydrogens is 411 g/mol. The number of rotatable bonds is 2. The van der Waals surface area contributed by atoms with Crippen molar-refractivity contribution in [2.45, 2.75) is 80.1 Å². The molecule has 1 aliphatic rings.